The Morgan fingerprint density at radius 3 is 2.33 bits per heavy atom. The van der Waals surface area contributed by atoms with Crippen molar-refractivity contribution in [2.45, 2.75) is 25.6 Å². The van der Waals surface area contributed by atoms with E-state index in [0.29, 0.717) is 29.6 Å². The van der Waals surface area contributed by atoms with Gasteiger partial charge in [0.1, 0.15) is 17.6 Å². The fourth-order valence-corrected chi connectivity index (χ4v) is 3.77. The summed E-state index contributed by atoms with van der Waals surface area (Å²) in [5, 5.41) is 19.1. The lowest BCUT2D eigenvalue weighted by Crippen LogP contribution is -2.48. The number of piperazine rings is 1. The molecule has 39 heavy (non-hydrogen) atoms. The lowest BCUT2D eigenvalue weighted by molar-refractivity contribution is -0.147. The largest absolute Gasteiger partial charge is 0.481 e. The molecule has 2 aromatic heterocycles. The van der Waals surface area contributed by atoms with Crippen LogP contribution in [-0.2, 0) is 19.1 Å². The fraction of sp³-hybridized carbons (Fsp3) is 0.391. The fourth-order valence-electron chi connectivity index (χ4n) is 3.66. The van der Waals surface area contributed by atoms with Gasteiger partial charge in [-0.3, -0.25) is 19.4 Å². The van der Waals surface area contributed by atoms with Crippen LogP contribution in [0.3, 0.4) is 0 Å². The minimum atomic E-state index is -1.35. The van der Waals surface area contributed by atoms with Crippen molar-refractivity contribution < 1.29 is 38.9 Å². The number of nitrogens with zero attached hydrogens (tertiary/aromatic N) is 6. The summed E-state index contributed by atoms with van der Waals surface area (Å²) in [4.78, 5) is 73.8. The van der Waals surface area contributed by atoms with Crippen LogP contribution < -0.4 is 10.2 Å². The minimum absolute atomic E-state index is 0.144. The molecule has 4 rings (SSSR count). The van der Waals surface area contributed by atoms with Crippen LogP contribution in [0.4, 0.5) is 10.6 Å². The number of fused-ring (bicyclic) bond motifs is 1. The van der Waals surface area contributed by atoms with Gasteiger partial charge in [0.15, 0.2) is 5.69 Å². The average Bonchev–Trinajstić information content (AvgIpc) is 3.15. The number of aromatic nitrogens is 3. The predicted molar refractivity (Wildman–Crippen MR) is 134 cm³/mol. The monoisotopic (exact) mass is 563 g/mol. The van der Waals surface area contributed by atoms with Crippen molar-refractivity contribution in [2.24, 2.45) is 0 Å². The van der Waals surface area contributed by atoms with E-state index in [9.17, 15) is 24.0 Å². The van der Waals surface area contributed by atoms with Crippen molar-refractivity contribution in [3.8, 4) is 0 Å². The zero-order chi connectivity index (χ0) is 28.7. The highest BCUT2D eigenvalue weighted by molar-refractivity contribution is 6.30. The van der Waals surface area contributed by atoms with Gasteiger partial charge in [-0.25, -0.2) is 24.5 Å². The standard InChI is InChI=1S/C17H17ClN6O3.C6H9NO5/c1-22-6-8-23(9-7-22)17(26)27-16-14-13(19-4-5-20-14)15(25)24(16)12-3-2-11(18)10-21-12;1-3(8)7-4(6(11)12)2-5(9)10/h2-5,10,16H,6-9H2,1H3;4H,2H2,1H3,(H,7,8)(H,9,10)(H,11,12)/t16-;4-/m00/s1. The number of rotatable bonds is 6. The second-order valence-electron chi connectivity index (χ2n) is 8.52. The number of carbonyl (C=O) groups excluding carboxylic acids is 3. The molecule has 15 nitrogen and oxygen atoms in total. The molecule has 0 spiro atoms. The second kappa shape index (κ2) is 12.9. The van der Waals surface area contributed by atoms with Gasteiger partial charge >= 0.3 is 18.0 Å². The molecule has 0 saturated carbocycles. The minimum Gasteiger partial charge on any atom is -0.481 e. The van der Waals surface area contributed by atoms with Gasteiger partial charge in [-0.05, 0) is 19.2 Å². The third kappa shape index (κ3) is 7.58. The van der Waals surface area contributed by atoms with Crippen LogP contribution in [0.15, 0.2) is 30.7 Å². The first-order valence-corrected chi connectivity index (χ1v) is 12.0. The number of carboxylic acid groups (broad SMARTS) is 2. The Morgan fingerprint density at radius 1 is 1.10 bits per heavy atom. The number of nitrogens with one attached hydrogen (secondary N) is 1. The Balaban J connectivity index is 0.000000298. The zero-order valence-corrected chi connectivity index (χ0v) is 21.7. The molecule has 4 heterocycles. The van der Waals surface area contributed by atoms with E-state index >= 15 is 0 Å². The maximum atomic E-state index is 12.8. The maximum Gasteiger partial charge on any atom is 0.412 e. The number of carboxylic acids is 2. The highest BCUT2D eigenvalue weighted by Gasteiger charge is 2.44. The van der Waals surface area contributed by atoms with Crippen molar-refractivity contribution in [1.29, 1.82) is 0 Å². The second-order valence-corrected chi connectivity index (χ2v) is 8.95. The Kier molecular flexibility index (Phi) is 9.68. The van der Waals surface area contributed by atoms with Crippen LogP contribution in [0.5, 0.6) is 0 Å². The van der Waals surface area contributed by atoms with Crippen LogP contribution in [-0.4, -0.2) is 104 Å². The van der Waals surface area contributed by atoms with Crippen molar-refractivity contribution >= 4 is 47.3 Å². The van der Waals surface area contributed by atoms with E-state index in [1.807, 2.05) is 12.4 Å². The number of halogens is 1. The summed E-state index contributed by atoms with van der Waals surface area (Å²) in [5.41, 5.74) is 0.437. The number of likely N-dealkylation sites (N-methyl/N-ethyl adjacent to an activating group) is 1. The molecule has 2 aromatic rings. The summed E-state index contributed by atoms with van der Waals surface area (Å²) in [7, 11) is 2.00. The number of aliphatic carboxylic acids is 2. The van der Waals surface area contributed by atoms with Crippen molar-refractivity contribution in [2.75, 3.05) is 38.1 Å². The van der Waals surface area contributed by atoms with Crippen molar-refractivity contribution in [1.82, 2.24) is 30.1 Å². The van der Waals surface area contributed by atoms with Crippen LogP contribution in [0.1, 0.15) is 35.8 Å². The van der Waals surface area contributed by atoms with Gasteiger partial charge in [0.05, 0.1) is 11.4 Å². The molecule has 208 valence electrons. The van der Waals surface area contributed by atoms with Crippen molar-refractivity contribution in [3.63, 3.8) is 0 Å². The molecule has 0 bridgehead atoms. The lowest BCUT2D eigenvalue weighted by Gasteiger charge is -2.33. The molecule has 0 aromatic carbocycles. The molecule has 16 heteroatoms. The summed E-state index contributed by atoms with van der Waals surface area (Å²) >= 11 is 5.89. The smallest absolute Gasteiger partial charge is 0.412 e. The molecule has 1 fully saturated rings. The number of pyridine rings is 1. The summed E-state index contributed by atoms with van der Waals surface area (Å²) in [6.07, 6.45) is 2.17. The summed E-state index contributed by atoms with van der Waals surface area (Å²) in [6, 6.07) is 1.85. The number of hydrogen-bond acceptors (Lipinski definition) is 10. The van der Waals surface area contributed by atoms with E-state index in [1.54, 1.807) is 17.0 Å². The van der Waals surface area contributed by atoms with Crippen LogP contribution in [0.2, 0.25) is 5.02 Å². The Labute approximate surface area is 227 Å². The molecule has 2 aliphatic heterocycles. The van der Waals surface area contributed by atoms with Gasteiger partial charge in [-0.1, -0.05) is 11.6 Å². The zero-order valence-electron chi connectivity index (χ0n) is 21.0. The highest BCUT2D eigenvalue weighted by atomic mass is 35.5. The topological polar surface area (TPSA) is 195 Å². The molecule has 0 unspecified atom stereocenters. The molecule has 2 atom stereocenters. The third-order valence-electron chi connectivity index (χ3n) is 5.60. The molecule has 3 N–H and O–H groups in total. The van der Waals surface area contributed by atoms with E-state index < -0.39 is 48.5 Å². The number of hydrogen-bond donors (Lipinski definition) is 3. The van der Waals surface area contributed by atoms with Crippen LogP contribution in [0, 0.1) is 0 Å². The molecular weight excluding hydrogens is 538 g/mol. The molecule has 1 saturated heterocycles. The predicted octanol–water partition coefficient (Wildman–Crippen LogP) is 0.618. The van der Waals surface area contributed by atoms with Gasteiger partial charge in [0.2, 0.25) is 12.1 Å². The van der Waals surface area contributed by atoms with E-state index in [4.69, 9.17) is 26.6 Å². The normalized spacial score (nSPS) is 17.4. The molecule has 0 radical (unpaired) electrons. The van der Waals surface area contributed by atoms with E-state index in [0.717, 1.165) is 20.0 Å². The SMILES string of the molecule is CC(=O)N[C@@H](CC(=O)O)C(=O)O.CN1CCN(C(=O)O[C@H]2c3nccnc3C(=O)N2c2ccc(Cl)cn2)CC1. The number of ether oxygens (including phenoxy) is 1. The Hall–Kier alpha value is -4.37. The van der Waals surface area contributed by atoms with E-state index in [1.165, 1.54) is 23.5 Å². The first-order valence-electron chi connectivity index (χ1n) is 11.6. The van der Waals surface area contributed by atoms with Crippen molar-refractivity contribution in [3.05, 3.63) is 47.1 Å². The quantitative estimate of drug-likeness (QED) is 0.443. The van der Waals surface area contributed by atoms with Crippen LogP contribution >= 0.6 is 11.6 Å². The molecular formula is C23H26ClN7O8. The van der Waals surface area contributed by atoms with Gasteiger partial charge in [0, 0.05) is 51.7 Å². The Bertz CT molecular complexity index is 1220. The van der Waals surface area contributed by atoms with Gasteiger partial charge in [-0.2, -0.15) is 0 Å². The maximum absolute atomic E-state index is 12.8. The van der Waals surface area contributed by atoms with Gasteiger partial charge in [-0.15, -0.1) is 0 Å². The number of carbonyl (C=O) groups is 5. The molecule has 2 aliphatic rings. The molecule has 0 aliphatic carbocycles. The summed E-state index contributed by atoms with van der Waals surface area (Å²) in [5.74, 6) is -3.31. The van der Waals surface area contributed by atoms with Crippen LogP contribution in [0.25, 0.3) is 0 Å². The average molecular weight is 564 g/mol. The summed E-state index contributed by atoms with van der Waals surface area (Å²) in [6.45, 7) is 3.76. The number of anilines is 1. The summed E-state index contributed by atoms with van der Waals surface area (Å²) < 4.78 is 5.68. The highest BCUT2D eigenvalue weighted by Crippen LogP contribution is 2.35. The third-order valence-corrected chi connectivity index (χ3v) is 5.83. The van der Waals surface area contributed by atoms with Gasteiger partial charge < -0.3 is 30.1 Å². The Morgan fingerprint density at radius 2 is 1.77 bits per heavy atom. The first kappa shape index (κ1) is 29.2. The van der Waals surface area contributed by atoms with E-state index in [2.05, 4.69) is 19.9 Å². The lowest BCUT2D eigenvalue weighted by atomic mass is 10.2. The van der Waals surface area contributed by atoms with Gasteiger partial charge in [0.25, 0.3) is 5.91 Å². The molecule has 3 amide bonds. The number of amides is 3. The van der Waals surface area contributed by atoms with E-state index in [-0.39, 0.29) is 5.69 Å². The first-order chi connectivity index (χ1) is 18.5.